The zero-order valence-corrected chi connectivity index (χ0v) is 16.9. The molecule has 2 aromatic rings. The molecule has 17 heteroatoms. The van der Waals surface area contributed by atoms with Gasteiger partial charge in [-0.1, -0.05) is 0 Å². The summed E-state index contributed by atoms with van der Waals surface area (Å²) in [5.41, 5.74) is 5.40. The Balaban J connectivity index is 0.00000110. The average molecular weight is 509 g/mol. The zero-order chi connectivity index (χ0) is 28.5. The molecule has 0 bridgehead atoms. The molecule has 0 unspecified atom stereocenters. The Kier molecular flexibility index (Phi) is 6.84. The van der Waals surface area contributed by atoms with Gasteiger partial charge in [-0.25, -0.2) is 27.6 Å². The van der Waals surface area contributed by atoms with Crippen LogP contribution in [0.3, 0.4) is 0 Å². The van der Waals surface area contributed by atoms with Crippen molar-refractivity contribution in [3.8, 4) is 0 Å². The number of nitrogens with two attached hydrogens (primary N) is 1. The monoisotopic (exact) mass is 509 g/mol. The van der Waals surface area contributed by atoms with E-state index in [-0.39, 0.29) is 11.6 Å². The van der Waals surface area contributed by atoms with Crippen LogP contribution in [0, 0.1) is 17.5 Å². The van der Waals surface area contributed by atoms with Gasteiger partial charge in [0.15, 0.2) is 17.5 Å². The molecular weight excluding hydrogens is 487 g/mol. The van der Waals surface area contributed by atoms with Crippen LogP contribution >= 0.6 is 7.91 Å². The molecule has 3 rings (SSSR count). The number of fused-ring (bicyclic) bond motifs is 1. The molecule has 0 saturated carbocycles. The first-order valence-electron chi connectivity index (χ1n) is 10.5. The van der Waals surface area contributed by atoms with Crippen molar-refractivity contribution < 1.29 is 57.1 Å². The number of alkyl halides is 3. The van der Waals surface area contributed by atoms with Gasteiger partial charge in [0.05, 0.1) is 12.0 Å². The lowest BCUT2D eigenvalue weighted by atomic mass is 10.0. The van der Waals surface area contributed by atoms with Crippen LogP contribution in [-0.2, 0) is 44.2 Å². The van der Waals surface area contributed by atoms with Crippen LogP contribution in [0.15, 0.2) is 12.1 Å². The van der Waals surface area contributed by atoms with Crippen molar-refractivity contribution in [2.24, 2.45) is 5.73 Å². The van der Waals surface area contributed by atoms with Crippen molar-refractivity contribution >= 4 is 13.8 Å². The van der Waals surface area contributed by atoms with Gasteiger partial charge >= 0.3 is 14.1 Å². The summed E-state index contributed by atoms with van der Waals surface area (Å²) in [6.45, 7) is -7.52. The Morgan fingerprint density at radius 2 is 1.85 bits per heavy atom. The van der Waals surface area contributed by atoms with Gasteiger partial charge in [-0.3, -0.25) is 4.79 Å². The van der Waals surface area contributed by atoms with Crippen LogP contribution in [0.4, 0.5) is 26.3 Å². The molecule has 10 nitrogen and oxygen atoms in total. The van der Waals surface area contributed by atoms with Gasteiger partial charge in [-0.2, -0.15) is 13.2 Å². The van der Waals surface area contributed by atoms with Crippen molar-refractivity contribution in [2.75, 3.05) is 6.50 Å². The summed E-state index contributed by atoms with van der Waals surface area (Å²) in [5, 5.41) is 13.2. The molecule has 1 aromatic heterocycles. The molecule has 1 aromatic carbocycles. The largest absolute Gasteiger partial charge is 0.496 e. The molecule has 1 aliphatic rings. The Morgan fingerprint density at radius 1 is 1.24 bits per heavy atom. The van der Waals surface area contributed by atoms with Gasteiger partial charge in [0.2, 0.25) is 11.7 Å². The molecule has 1 atom stereocenters. The highest BCUT2D eigenvalue weighted by Crippen LogP contribution is 2.29. The summed E-state index contributed by atoms with van der Waals surface area (Å²) < 4.78 is 132. The normalized spacial score (nSPS) is 19.1. The van der Waals surface area contributed by atoms with Gasteiger partial charge in [-0.05, 0) is 18.1 Å². The molecule has 0 saturated heterocycles. The number of aromatic nitrogens is 3. The standard InChI is InChI=1S/C16H15F6N5O.HO4P.H2/c17-10-6-12(19)11(18)4-8(10)3-9(23)5-14(28)26-1-2-27-13(7-26)24-25-15(27)16(20,21)22;1-4-5(2)3;/h4,6,9H,1-3,5,7,23H2;1H;1H/t9-;;/m1../s1/i1D2,2D2;;. The predicted molar refractivity (Wildman–Crippen MR) is 97.2 cm³/mol. The fourth-order valence-corrected chi connectivity index (χ4v) is 2.57. The van der Waals surface area contributed by atoms with E-state index in [9.17, 15) is 31.1 Å². The van der Waals surface area contributed by atoms with E-state index in [1.165, 1.54) is 0 Å². The number of hydrogen-bond acceptors (Lipinski definition) is 8. The van der Waals surface area contributed by atoms with Gasteiger partial charge in [-0.15, -0.1) is 14.9 Å². The molecule has 0 aliphatic carbocycles. The summed E-state index contributed by atoms with van der Waals surface area (Å²) in [6, 6.07) is -0.383. The lowest BCUT2D eigenvalue weighted by molar-refractivity contribution is -0.148. The van der Waals surface area contributed by atoms with Crippen molar-refractivity contribution in [2.45, 2.75) is 38.1 Å². The lowest BCUT2D eigenvalue weighted by Crippen LogP contribution is -2.42. The SMILES string of the molecule is O=P(=O)OO.[2H]C1([2H])N(C(=O)C[C@H](N)Cc2cc(F)c(F)cc2F)Cc2nnc(C(F)(F)F)n2C1([2H])[2H].[HH]. The van der Waals surface area contributed by atoms with Crippen molar-refractivity contribution in [3.63, 3.8) is 0 Å². The first-order valence-corrected chi connectivity index (χ1v) is 9.61. The third kappa shape index (κ3) is 7.08. The number of rotatable bonds is 5. The third-order valence-corrected chi connectivity index (χ3v) is 4.09. The number of carbonyl (C=O) groups excluding carboxylic acids is 1. The Hall–Kier alpha value is -2.81. The van der Waals surface area contributed by atoms with E-state index < -0.39 is 87.5 Å². The first kappa shape index (κ1) is 20.8. The minimum atomic E-state index is -5.13. The molecular formula is C16H18F6N5O5P. The Labute approximate surface area is 188 Å². The quantitative estimate of drug-likeness (QED) is 0.206. The van der Waals surface area contributed by atoms with Crippen LogP contribution < -0.4 is 5.73 Å². The van der Waals surface area contributed by atoms with Crippen LogP contribution in [0.25, 0.3) is 0 Å². The second-order valence-electron chi connectivity index (χ2n) is 6.31. The van der Waals surface area contributed by atoms with E-state index in [0.717, 1.165) is 0 Å². The number of hydrogen-bond donors (Lipinski definition) is 2. The smallest absolute Gasteiger partial charge is 0.333 e. The number of amides is 1. The van der Waals surface area contributed by atoms with E-state index >= 15 is 0 Å². The minimum Gasteiger partial charge on any atom is -0.333 e. The highest BCUT2D eigenvalue weighted by atomic mass is 31.1. The average Bonchev–Trinajstić information content (AvgIpc) is 3.20. The number of carbonyl (C=O) groups is 1. The van der Waals surface area contributed by atoms with Gasteiger partial charge in [0.25, 0.3) is 0 Å². The summed E-state index contributed by atoms with van der Waals surface area (Å²) in [7, 11) is -3.04. The van der Waals surface area contributed by atoms with E-state index in [1.807, 2.05) is 0 Å². The van der Waals surface area contributed by atoms with Crippen LogP contribution in [0.2, 0.25) is 0 Å². The summed E-state index contributed by atoms with van der Waals surface area (Å²) in [5.74, 6) is -7.42. The second-order valence-corrected chi connectivity index (χ2v) is 6.92. The van der Waals surface area contributed by atoms with E-state index in [2.05, 4.69) is 14.9 Å². The molecule has 0 fully saturated rings. The molecule has 3 N–H and O–H groups in total. The van der Waals surface area contributed by atoms with Crippen LogP contribution in [0.1, 0.15) is 30.5 Å². The molecule has 184 valence electrons. The summed E-state index contributed by atoms with van der Waals surface area (Å²) in [4.78, 5) is 13.0. The molecule has 33 heavy (non-hydrogen) atoms. The van der Waals surface area contributed by atoms with E-state index in [0.29, 0.717) is 17.0 Å². The van der Waals surface area contributed by atoms with Crippen molar-refractivity contribution in [1.82, 2.24) is 19.7 Å². The zero-order valence-electron chi connectivity index (χ0n) is 20.0. The maximum atomic E-state index is 13.8. The maximum Gasteiger partial charge on any atom is 0.496 e. The first-order chi connectivity index (χ1) is 16.8. The number of benzene rings is 1. The highest BCUT2D eigenvalue weighted by molar-refractivity contribution is 7.24. The van der Waals surface area contributed by atoms with Gasteiger partial charge in [0.1, 0.15) is 5.82 Å². The summed E-state index contributed by atoms with van der Waals surface area (Å²) in [6.07, 6.45) is -6.28. The Bertz CT molecular complexity index is 1240. The molecule has 1 amide bonds. The van der Waals surface area contributed by atoms with Crippen LogP contribution in [-0.4, -0.2) is 43.4 Å². The van der Waals surface area contributed by atoms with E-state index in [4.69, 9.17) is 25.6 Å². The second kappa shape index (κ2) is 10.9. The lowest BCUT2D eigenvalue weighted by Gasteiger charge is -2.29. The third-order valence-electron chi connectivity index (χ3n) is 3.96. The number of halogens is 6. The highest BCUT2D eigenvalue weighted by Gasteiger charge is 2.40. The maximum absolute atomic E-state index is 13.8. The summed E-state index contributed by atoms with van der Waals surface area (Å²) >= 11 is 0. The van der Waals surface area contributed by atoms with Crippen molar-refractivity contribution in [1.29, 1.82) is 0 Å². The number of nitrogens with zero attached hydrogens (tertiary/aromatic N) is 4. The minimum absolute atomic E-state index is 0. The van der Waals surface area contributed by atoms with Gasteiger partial charge < -0.3 is 15.2 Å². The Morgan fingerprint density at radius 3 is 2.42 bits per heavy atom. The molecule has 2 heterocycles. The molecule has 0 spiro atoms. The van der Waals surface area contributed by atoms with Crippen LogP contribution in [0.5, 0.6) is 0 Å². The topological polar surface area (TPSA) is 141 Å². The predicted octanol–water partition coefficient (Wildman–Crippen LogP) is 2.83. The molecule has 0 radical (unpaired) electrons. The van der Waals surface area contributed by atoms with E-state index in [1.54, 1.807) is 0 Å². The fourth-order valence-electron chi connectivity index (χ4n) is 2.57. The van der Waals surface area contributed by atoms with Crippen molar-refractivity contribution in [3.05, 3.63) is 46.8 Å². The molecule has 1 aliphatic heterocycles. The fraction of sp³-hybridized carbons (Fsp3) is 0.438. The van der Waals surface area contributed by atoms with Gasteiger partial charge in [0, 0.05) is 32.9 Å².